The molecule has 94 valence electrons. The van der Waals surface area contributed by atoms with Crippen molar-refractivity contribution in [1.82, 2.24) is 15.3 Å². The van der Waals surface area contributed by atoms with Gasteiger partial charge < -0.3 is 5.32 Å². The Morgan fingerprint density at radius 1 is 1.00 bits per heavy atom. The molecule has 1 unspecified atom stereocenters. The fraction of sp³-hybridized carbons (Fsp3) is 0.125. The maximum atomic E-state index is 4.33. The first kappa shape index (κ1) is 11.8. The molecule has 2 aromatic carbocycles. The van der Waals surface area contributed by atoms with Gasteiger partial charge in [-0.3, -0.25) is 0 Å². The summed E-state index contributed by atoms with van der Waals surface area (Å²) in [5.74, 6) is 0. The fourth-order valence-corrected chi connectivity index (χ4v) is 2.34. The first-order valence-electron chi connectivity index (χ1n) is 6.30. The SMILES string of the molecule is CNC(c1ccc2ccccc2c1)c1ccncn1. The summed E-state index contributed by atoms with van der Waals surface area (Å²) in [6, 6.07) is 16.9. The van der Waals surface area contributed by atoms with Gasteiger partial charge in [-0.05, 0) is 35.5 Å². The number of hydrogen-bond acceptors (Lipinski definition) is 3. The van der Waals surface area contributed by atoms with Crippen LogP contribution in [0.15, 0.2) is 61.1 Å². The zero-order valence-electron chi connectivity index (χ0n) is 10.7. The van der Waals surface area contributed by atoms with Gasteiger partial charge in [-0.15, -0.1) is 0 Å². The smallest absolute Gasteiger partial charge is 0.115 e. The highest BCUT2D eigenvalue weighted by atomic mass is 14.9. The van der Waals surface area contributed by atoms with E-state index >= 15 is 0 Å². The Labute approximate surface area is 112 Å². The molecule has 0 saturated heterocycles. The van der Waals surface area contributed by atoms with E-state index in [4.69, 9.17) is 0 Å². The summed E-state index contributed by atoms with van der Waals surface area (Å²) in [5.41, 5.74) is 2.19. The zero-order chi connectivity index (χ0) is 13.1. The summed E-state index contributed by atoms with van der Waals surface area (Å²) >= 11 is 0. The molecular formula is C16H15N3. The zero-order valence-corrected chi connectivity index (χ0v) is 10.7. The van der Waals surface area contributed by atoms with Crippen molar-refractivity contribution < 1.29 is 0 Å². The quantitative estimate of drug-likeness (QED) is 0.775. The van der Waals surface area contributed by atoms with Gasteiger partial charge in [0.25, 0.3) is 0 Å². The molecule has 0 spiro atoms. The van der Waals surface area contributed by atoms with E-state index in [2.05, 4.69) is 57.7 Å². The third-order valence-corrected chi connectivity index (χ3v) is 3.30. The van der Waals surface area contributed by atoms with Crippen LogP contribution >= 0.6 is 0 Å². The molecule has 1 atom stereocenters. The standard InChI is InChI=1S/C16H15N3/c1-17-16(15-8-9-18-11-19-15)14-7-6-12-4-2-3-5-13(12)10-14/h2-11,16-17H,1H3. The molecule has 3 aromatic rings. The molecular weight excluding hydrogens is 234 g/mol. The molecule has 0 bridgehead atoms. The highest BCUT2D eigenvalue weighted by molar-refractivity contribution is 5.83. The summed E-state index contributed by atoms with van der Waals surface area (Å²) in [7, 11) is 1.95. The average molecular weight is 249 g/mol. The number of rotatable bonds is 3. The minimum Gasteiger partial charge on any atom is -0.308 e. The molecule has 0 saturated carbocycles. The van der Waals surface area contributed by atoms with Crippen molar-refractivity contribution in [2.75, 3.05) is 7.05 Å². The highest BCUT2D eigenvalue weighted by Gasteiger charge is 2.13. The van der Waals surface area contributed by atoms with Crippen LogP contribution in [0.5, 0.6) is 0 Å². The molecule has 19 heavy (non-hydrogen) atoms. The van der Waals surface area contributed by atoms with Gasteiger partial charge in [0.2, 0.25) is 0 Å². The lowest BCUT2D eigenvalue weighted by Gasteiger charge is -2.16. The Morgan fingerprint density at radius 3 is 2.58 bits per heavy atom. The first-order chi connectivity index (χ1) is 9.38. The molecule has 0 aliphatic rings. The van der Waals surface area contributed by atoms with E-state index < -0.39 is 0 Å². The van der Waals surface area contributed by atoms with Crippen LogP contribution in [0, 0.1) is 0 Å². The molecule has 1 N–H and O–H groups in total. The van der Waals surface area contributed by atoms with E-state index in [9.17, 15) is 0 Å². The molecule has 0 aliphatic carbocycles. The number of aromatic nitrogens is 2. The summed E-state index contributed by atoms with van der Waals surface area (Å²) in [6.07, 6.45) is 3.36. The Kier molecular flexibility index (Phi) is 3.21. The van der Waals surface area contributed by atoms with Crippen molar-refractivity contribution in [1.29, 1.82) is 0 Å². The van der Waals surface area contributed by atoms with Crippen LogP contribution in [0.4, 0.5) is 0 Å². The second kappa shape index (κ2) is 5.16. The van der Waals surface area contributed by atoms with E-state index in [-0.39, 0.29) is 6.04 Å². The van der Waals surface area contributed by atoms with Crippen LogP contribution in [0.3, 0.4) is 0 Å². The Bertz CT molecular complexity index is 680. The molecule has 1 aromatic heterocycles. The summed E-state index contributed by atoms with van der Waals surface area (Å²) in [4.78, 5) is 8.30. The van der Waals surface area contributed by atoms with Gasteiger partial charge in [-0.2, -0.15) is 0 Å². The van der Waals surface area contributed by atoms with Crippen molar-refractivity contribution in [3.05, 3.63) is 72.3 Å². The monoisotopic (exact) mass is 249 g/mol. The largest absolute Gasteiger partial charge is 0.308 e. The van der Waals surface area contributed by atoms with Gasteiger partial charge in [0, 0.05) is 6.20 Å². The second-order valence-electron chi connectivity index (χ2n) is 4.46. The maximum Gasteiger partial charge on any atom is 0.115 e. The van der Waals surface area contributed by atoms with Crippen molar-refractivity contribution in [3.8, 4) is 0 Å². The van der Waals surface area contributed by atoms with Crippen molar-refractivity contribution in [3.63, 3.8) is 0 Å². The van der Waals surface area contributed by atoms with E-state index in [1.54, 1.807) is 12.5 Å². The number of benzene rings is 2. The van der Waals surface area contributed by atoms with E-state index in [1.807, 2.05) is 13.1 Å². The number of nitrogens with zero attached hydrogens (tertiary/aromatic N) is 2. The minimum atomic E-state index is 0.0904. The average Bonchev–Trinajstić information content (AvgIpc) is 2.49. The Morgan fingerprint density at radius 2 is 1.84 bits per heavy atom. The Balaban J connectivity index is 2.06. The van der Waals surface area contributed by atoms with Gasteiger partial charge in [-0.25, -0.2) is 9.97 Å². The first-order valence-corrected chi connectivity index (χ1v) is 6.30. The van der Waals surface area contributed by atoms with E-state index in [0.717, 1.165) is 5.69 Å². The van der Waals surface area contributed by atoms with Gasteiger partial charge in [0.05, 0.1) is 11.7 Å². The van der Waals surface area contributed by atoms with Gasteiger partial charge in [0.1, 0.15) is 6.33 Å². The predicted octanol–water partition coefficient (Wildman–Crippen LogP) is 2.94. The van der Waals surface area contributed by atoms with Gasteiger partial charge in [-0.1, -0.05) is 36.4 Å². The summed E-state index contributed by atoms with van der Waals surface area (Å²) in [6.45, 7) is 0. The van der Waals surface area contributed by atoms with E-state index in [0.29, 0.717) is 0 Å². The van der Waals surface area contributed by atoms with Crippen LogP contribution in [0.25, 0.3) is 10.8 Å². The van der Waals surface area contributed by atoms with Crippen molar-refractivity contribution in [2.45, 2.75) is 6.04 Å². The predicted molar refractivity (Wildman–Crippen MR) is 76.9 cm³/mol. The van der Waals surface area contributed by atoms with E-state index in [1.165, 1.54) is 16.3 Å². The van der Waals surface area contributed by atoms with Crippen LogP contribution < -0.4 is 5.32 Å². The molecule has 3 heteroatoms. The molecule has 3 nitrogen and oxygen atoms in total. The third kappa shape index (κ3) is 2.33. The molecule has 0 aliphatic heterocycles. The molecule has 0 fully saturated rings. The molecule has 0 radical (unpaired) electrons. The van der Waals surface area contributed by atoms with Crippen molar-refractivity contribution in [2.24, 2.45) is 0 Å². The highest BCUT2D eigenvalue weighted by Crippen LogP contribution is 2.23. The molecule has 0 amide bonds. The number of hydrogen-bond donors (Lipinski definition) is 1. The van der Waals surface area contributed by atoms with Crippen LogP contribution in [-0.4, -0.2) is 17.0 Å². The Hall–Kier alpha value is -2.26. The maximum absolute atomic E-state index is 4.33. The minimum absolute atomic E-state index is 0.0904. The van der Waals surface area contributed by atoms with Crippen LogP contribution in [-0.2, 0) is 0 Å². The lowest BCUT2D eigenvalue weighted by Crippen LogP contribution is -2.18. The number of nitrogens with one attached hydrogen (secondary N) is 1. The van der Waals surface area contributed by atoms with Gasteiger partial charge >= 0.3 is 0 Å². The van der Waals surface area contributed by atoms with Crippen molar-refractivity contribution >= 4 is 10.8 Å². The summed E-state index contributed by atoms with van der Waals surface area (Å²) in [5, 5.41) is 5.81. The van der Waals surface area contributed by atoms with Crippen LogP contribution in [0.1, 0.15) is 17.3 Å². The normalized spacial score (nSPS) is 12.5. The number of fused-ring (bicyclic) bond motifs is 1. The summed E-state index contributed by atoms with van der Waals surface area (Å²) < 4.78 is 0. The molecule has 1 heterocycles. The second-order valence-corrected chi connectivity index (χ2v) is 4.46. The lowest BCUT2D eigenvalue weighted by atomic mass is 10.00. The fourth-order valence-electron chi connectivity index (χ4n) is 2.34. The lowest BCUT2D eigenvalue weighted by molar-refractivity contribution is 0.669. The third-order valence-electron chi connectivity index (χ3n) is 3.30. The van der Waals surface area contributed by atoms with Gasteiger partial charge in [0.15, 0.2) is 0 Å². The van der Waals surface area contributed by atoms with Crippen LogP contribution in [0.2, 0.25) is 0 Å². The molecule has 3 rings (SSSR count). The topological polar surface area (TPSA) is 37.8 Å².